The Kier molecular flexibility index (Phi) is 4.84. The van der Waals surface area contributed by atoms with Crippen LogP contribution in [-0.2, 0) is 6.42 Å². The van der Waals surface area contributed by atoms with Gasteiger partial charge in [0.25, 0.3) is 0 Å². The second-order valence-corrected chi connectivity index (χ2v) is 5.08. The molecule has 0 aliphatic heterocycles. The molecule has 2 rings (SSSR count). The molecule has 0 fully saturated rings. The maximum absolute atomic E-state index is 4.20. The van der Waals surface area contributed by atoms with Gasteiger partial charge in [0.2, 0.25) is 0 Å². The van der Waals surface area contributed by atoms with Crippen LogP contribution in [0.5, 0.6) is 0 Å². The molecule has 1 aromatic carbocycles. The van der Waals surface area contributed by atoms with Crippen molar-refractivity contribution in [1.82, 2.24) is 14.9 Å². The van der Waals surface area contributed by atoms with Gasteiger partial charge in [-0.05, 0) is 49.0 Å². The number of rotatable bonds is 6. The Morgan fingerprint density at radius 1 is 1.33 bits per heavy atom. The predicted octanol–water partition coefficient (Wildman–Crippen LogP) is 3.13. The average Bonchev–Trinajstić information content (AvgIpc) is 2.90. The summed E-state index contributed by atoms with van der Waals surface area (Å²) in [6.45, 7) is 5.34. The molecular weight excluding hydrogens is 242 g/mol. The smallest absolute Gasteiger partial charge is 0.0928 e. The SMILES string of the molecule is CCCNC(Cc1ccccc1C)c1csnn1. The zero-order valence-electron chi connectivity index (χ0n) is 10.9. The summed E-state index contributed by atoms with van der Waals surface area (Å²) >= 11 is 1.42. The van der Waals surface area contributed by atoms with Crippen LogP contribution >= 0.6 is 11.5 Å². The van der Waals surface area contributed by atoms with Gasteiger partial charge in [-0.2, -0.15) is 0 Å². The van der Waals surface area contributed by atoms with E-state index in [1.54, 1.807) is 0 Å². The molecule has 1 aromatic heterocycles. The number of nitrogens with one attached hydrogen (secondary N) is 1. The molecule has 1 N–H and O–H groups in total. The Hall–Kier alpha value is -1.26. The molecule has 1 atom stereocenters. The maximum Gasteiger partial charge on any atom is 0.0928 e. The van der Waals surface area contributed by atoms with Crippen molar-refractivity contribution in [3.63, 3.8) is 0 Å². The summed E-state index contributed by atoms with van der Waals surface area (Å²) in [5.74, 6) is 0. The van der Waals surface area contributed by atoms with Crippen molar-refractivity contribution in [2.45, 2.75) is 32.7 Å². The van der Waals surface area contributed by atoms with Crippen LogP contribution in [0.1, 0.15) is 36.2 Å². The number of nitrogens with zero attached hydrogens (tertiary/aromatic N) is 2. The largest absolute Gasteiger partial charge is 0.308 e. The van der Waals surface area contributed by atoms with E-state index < -0.39 is 0 Å². The van der Waals surface area contributed by atoms with Gasteiger partial charge in [0.15, 0.2) is 0 Å². The van der Waals surface area contributed by atoms with Crippen LogP contribution in [-0.4, -0.2) is 16.1 Å². The van der Waals surface area contributed by atoms with Crippen molar-refractivity contribution >= 4 is 11.5 Å². The predicted molar refractivity (Wildman–Crippen MR) is 75.8 cm³/mol. The average molecular weight is 261 g/mol. The highest BCUT2D eigenvalue weighted by Gasteiger charge is 2.15. The number of hydrogen-bond acceptors (Lipinski definition) is 4. The van der Waals surface area contributed by atoms with Crippen LogP contribution in [0.4, 0.5) is 0 Å². The van der Waals surface area contributed by atoms with Crippen molar-refractivity contribution in [2.75, 3.05) is 6.54 Å². The molecule has 0 radical (unpaired) electrons. The number of aryl methyl sites for hydroxylation is 1. The quantitative estimate of drug-likeness (QED) is 0.868. The van der Waals surface area contributed by atoms with Gasteiger partial charge >= 0.3 is 0 Å². The van der Waals surface area contributed by atoms with Crippen molar-refractivity contribution in [1.29, 1.82) is 0 Å². The minimum absolute atomic E-state index is 0.268. The minimum Gasteiger partial charge on any atom is -0.308 e. The van der Waals surface area contributed by atoms with Crippen LogP contribution < -0.4 is 5.32 Å². The molecule has 96 valence electrons. The fourth-order valence-electron chi connectivity index (χ4n) is 1.98. The van der Waals surface area contributed by atoms with Gasteiger partial charge in [0.1, 0.15) is 0 Å². The molecule has 3 nitrogen and oxygen atoms in total. The Balaban J connectivity index is 2.13. The zero-order valence-corrected chi connectivity index (χ0v) is 11.7. The maximum atomic E-state index is 4.20. The van der Waals surface area contributed by atoms with Gasteiger partial charge in [-0.15, -0.1) is 5.10 Å². The summed E-state index contributed by atoms with van der Waals surface area (Å²) in [7, 11) is 0. The molecule has 4 heteroatoms. The van der Waals surface area contributed by atoms with E-state index in [1.165, 1.54) is 22.7 Å². The Morgan fingerprint density at radius 2 is 2.17 bits per heavy atom. The van der Waals surface area contributed by atoms with Crippen LogP contribution in [0.2, 0.25) is 0 Å². The third-order valence-electron chi connectivity index (χ3n) is 3.06. The van der Waals surface area contributed by atoms with Crippen molar-refractivity contribution < 1.29 is 0 Å². The lowest BCUT2D eigenvalue weighted by Gasteiger charge is -2.17. The molecular formula is C14H19N3S. The van der Waals surface area contributed by atoms with Crippen LogP contribution in [0.15, 0.2) is 29.6 Å². The number of benzene rings is 1. The van der Waals surface area contributed by atoms with Gasteiger partial charge in [0, 0.05) is 5.38 Å². The monoisotopic (exact) mass is 261 g/mol. The Bertz CT molecular complexity index is 468. The molecule has 0 saturated carbocycles. The molecule has 0 aliphatic rings. The van der Waals surface area contributed by atoms with E-state index in [-0.39, 0.29) is 6.04 Å². The highest BCUT2D eigenvalue weighted by Crippen LogP contribution is 2.19. The third-order valence-corrected chi connectivity index (χ3v) is 3.58. The molecule has 18 heavy (non-hydrogen) atoms. The Morgan fingerprint density at radius 3 is 2.83 bits per heavy atom. The van der Waals surface area contributed by atoms with Crippen molar-refractivity contribution in [3.8, 4) is 0 Å². The standard InChI is InChI=1S/C14H19N3S/c1-3-8-15-13(14-10-18-17-16-14)9-12-7-5-4-6-11(12)2/h4-7,10,13,15H,3,8-9H2,1-2H3. The second-order valence-electron chi connectivity index (χ2n) is 4.47. The fourth-order valence-corrected chi connectivity index (χ4v) is 2.49. The second kappa shape index (κ2) is 6.61. The van der Waals surface area contributed by atoms with E-state index in [2.05, 4.69) is 53.0 Å². The summed E-state index contributed by atoms with van der Waals surface area (Å²) in [6, 6.07) is 8.79. The molecule has 0 spiro atoms. The van der Waals surface area contributed by atoms with E-state index in [9.17, 15) is 0 Å². The van der Waals surface area contributed by atoms with E-state index in [0.717, 1.165) is 25.1 Å². The first-order valence-corrected chi connectivity index (χ1v) is 7.19. The summed E-state index contributed by atoms with van der Waals surface area (Å²) in [5, 5.41) is 9.79. The van der Waals surface area contributed by atoms with Gasteiger partial charge < -0.3 is 5.32 Å². The zero-order chi connectivity index (χ0) is 12.8. The van der Waals surface area contributed by atoms with E-state index in [4.69, 9.17) is 0 Å². The molecule has 0 aliphatic carbocycles. The molecule has 0 amide bonds. The molecule has 2 aromatic rings. The topological polar surface area (TPSA) is 37.8 Å². The van der Waals surface area contributed by atoms with Gasteiger partial charge in [-0.3, -0.25) is 0 Å². The molecule has 0 bridgehead atoms. The normalized spacial score (nSPS) is 12.6. The fraction of sp³-hybridized carbons (Fsp3) is 0.429. The van der Waals surface area contributed by atoms with Gasteiger partial charge in [0.05, 0.1) is 11.7 Å². The lowest BCUT2D eigenvalue weighted by atomic mass is 9.99. The summed E-state index contributed by atoms with van der Waals surface area (Å²) in [6.07, 6.45) is 2.10. The third kappa shape index (κ3) is 3.37. The van der Waals surface area contributed by atoms with Crippen LogP contribution in [0.3, 0.4) is 0 Å². The van der Waals surface area contributed by atoms with E-state index >= 15 is 0 Å². The Labute approximate surface area is 112 Å². The lowest BCUT2D eigenvalue weighted by molar-refractivity contribution is 0.516. The first kappa shape index (κ1) is 13.2. The van der Waals surface area contributed by atoms with Crippen molar-refractivity contribution in [3.05, 3.63) is 46.5 Å². The first-order valence-electron chi connectivity index (χ1n) is 6.36. The molecule has 1 heterocycles. The lowest BCUT2D eigenvalue weighted by Crippen LogP contribution is -2.24. The van der Waals surface area contributed by atoms with Crippen LogP contribution in [0.25, 0.3) is 0 Å². The van der Waals surface area contributed by atoms with E-state index in [0.29, 0.717) is 0 Å². The molecule has 0 saturated heterocycles. The summed E-state index contributed by atoms with van der Waals surface area (Å²) in [4.78, 5) is 0. The first-order chi connectivity index (χ1) is 8.81. The van der Waals surface area contributed by atoms with E-state index in [1.807, 2.05) is 5.38 Å². The highest BCUT2D eigenvalue weighted by molar-refractivity contribution is 7.03. The summed E-state index contributed by atoms with van der Waals surface area (Å²) < 4.78 is 3.97. The van der Waals surface area contributed by atoms with Gasteiger partial charge in [-0.25, -0.2) is 0 Å². The van der Waals surface area contributed by atoms with Crippen LogP contribution in [0, 0.1) is 6.92 Å². The highest BCUT2D eigenvalue weighted by atomic mass is 32.1. The number of hydrogen-bond donors (Lipinski definition) is 1. The molecule has 1 unspecified atom stereocenters. The summed E-state index contributed by atoms with van der Waals surface area (Å²) in [5.41, 5.74) is 3.76. The van der Waals surface area contributed by atoms with Crippen molar-refractivity contribution in [2.24, 2.45) is 0 Å². The minimum atomic E-state index is 0.268. The number of aromatic nitrogens is 2. The van der Waals surface area contributed by atoms with Gasteiger partial charge in [-0.1, -0.05) is 35.7 Å².